The van der Waals surface area contributed by atoms with Crippen molar-refractivity contribution >= 4 is 32.8 Å². The van der Waals surface area contributed by atoms with Crippen molar-refractivity contribution in [1.29, 1.82) is 0 Å². The van der Waals surface area contributed by atoms with E-state index in [9.17, 15) is 0 Å². The second-order valence-corrected chi connectivity index (χ2v) is 16.6. The number of aromatic amines is 2. The fourth-order valence-corrected chi connectivity index (χ4v) is 5.31. The summed E-state index contributed by atoms with van der Waals surface area (Å²) >= 11 is 0. The van der Waals surface area contributed by atoms with Gasteiger partial charge in [0.2, 0.25) is 0 Å². The van der Waals surface area contributed by atoms with Crippen molar-refractivity contribution in [2.24, 2.45) is 0 Å². The number of pyridine rings is 4. The number of H-pyrrole nitrogens is 2. The van der Waals surface area contributed by atoms with Gasteiger partial charge in [0.05, 0.1) is 27.8 Å². The topological polar surface area (TPSA) is 109 Å². The fraction of sp³-hybridized carbons (Fsp3) is 0.381. The zero-order chi connectivity index (χ0) is 36.7. The zero-order valence-electron chi connectivity index (χ0n) is 31.9. The third kappa shape index (κ3) is 9.80. The van der Waals surface area contributed by atoms with Crippen LogP contribution < -0.4 is 0 Å². The molecule has 0 spiro atoms. The summed E-state index contributed by atoms with van der Waals surface area (Å²) in [5, 5.41) is 2.30. The van der Waals surface area contributed by atoms with E-state index in [0.717, 1.165) is 27.6 Å². The van der Waals surface area contributed by atoms with Crippen molar-refractivity contribution in [2.75, 3.05) is 0 Å². The minimum atomic E-state index is 0.0981. The summed E-state index contributed by atoms with van der Waals surface area (Å²) in [5.74, 6) is 0. The molecule has 0 atom stereocenters. The minimum Gasteiger partial charge on any atom is -0.361 e. The Morgan fingerprint density at radius 1 is 0.460 bits per heavy atom. The molecule has 0 unspecified atom stereocenters. The molecule has 7 aromatic rings. The molecule has 0 fully saturated rings. The number of aromatic nitrogens is 8. The van der Waals surface area contributed by atoms with E-state index in [1.165, 1.54) is 27.6 Å². The number of nitrogens with zero attached hydrogens (tertiary/aromatic N) is 6. The molecule has 2 N–H and O–H groups in total. The average molecular weight is 671 g/mol. The number of hydrogen-bond acceptors (Lipinski definition) is 6. The molecule has 262 valence electrons. The van der Waals surface area contributed by atoms with Gasteiger partial charge in [-0.05, 0) is 52.1 Å². The lowest BCUT2D eigenvalue weighted by atomic mass is 9.87. The Hall–Kier alpha value is -4.98. The van der Waals surface area contributed by atoms with E-state index in [0.29, 0.717) is 0 Å². The Bertz CT molecular complexity index is 2090. The summed E-state index contributed by atoms with van der Waals surface area (Å²) in [6, 6.07) is 10.0. The predicted octanol–water partition coefficient (Wildman–Crippen LogP) is 10.4. The van der Waals surface area contributed by atoms with Crippen LogP contribution in [0.3, 0.4) is 0 Å². The zero-order valence-corrected chi connectivity index (χ0v) is 31.9. The quantitative estimate of drug-likeness (QED) is 0.166. The summed E-state index contributed by atoms with van der Waals surface area (Å²) in [6.07, 6.45) is 20.5. The highest BCUT2D eigenvalue weighted by molar-refractivity contribution is 5.82. The van der Waals surface area contributed by atoms with Gasteiger partial charge in [0.25, 0.3) is 0 Å². The van der Waals surface area contributed by atoms with Gasteiger partial charge >= 0.3 is 0 Å². The summed E-state index contributed by atoms with van der Waals surface area (Å²) in [6.45, 7) is 26.1. The number of rotatable bonds is 0. The Kier molecular flexibility index (Phi) is 11.6. The lowest BCUT2D eigenvalue weighted by molar-refractivity contribution is 0.565. The number of nitrogens with one attached hydrogen (secondary N) is 2. The van der Waals surface area contributed by atoms with E-state index in [1.807, 2.05) is 61.6 Å². The van der Waals surface area contributed by atoms with Crippen molar-refractivity contribution < 1.29 is 0 Å². The van der Waals surface area contributed by atoms with E-state index < -0.39 is 0 Å². The lowest BCUT2D eigenvalue weighted by Crippen LogP contribution is -2.13. The highest BCUT2D eigenvalue weighted by atomic mass is 14.8. The molecule has 7 rings (SSSR count). The van der Waals surface area contributed by atoms with Crippen LogP contribution in [0.15, 0.2) is 98.5 Å². The van der Waals surface area contributed by atoms with Crippen molar-refractivity contribution in [3.8, 4) is 0 Å². The summed E-state index contributed by atoms with van der Waals surface area (Å²) < 4.78 is 0. The Morgan fingerprint density at radius 3 is 1.64 bits per heavy atom. The van der Waals surface area contributed by atoms with Crippen molar-refractivity contribution in [3.05, 3.63) is 121 Å². The summed E-state index contributed by atoms with van der Waals surface area (Å²) in [7, 11) is 0. The third-order valence-corrected chi connectivity index (χ3v) is 8.17. The van der Waals surface area contributed by atoms with Gasteiger partial charge in [-0.25, -0.2) is 0 Å². The molecular formula is C42H54N8. The van der Waals surface area contributed by atoms with Crippen LogP contribution in [0.25, 0.3) is 32.8 Å². The van der Waals surface area contributed by atoms with Crippen molar-refractivity contribution in [3.63, 3.8) is 0 Å². The van der Waals surface area contributed by atoms with Gasteiger partial charge in [-0.15, -0.1) is 0 Å². The monoisotopic (exact) mass is 670 g/mol. The maximum atomic E-state index is 4.41. The van der Waals surface area contributed by atoms with Crippen LogP contribution >= 0.6 is 0 Å². The van der Waals surface area contributed by atoms with E-state index in [2.05, 4.69) is 141 Å². The highest BCUT2D eigenvalue weighted by Gasteiger charge is 2.20. The molecule has 7 aromatic heterocycles. The molecule has 0 saturated heterocycles. The van der Waals surface area contributed by atoms with Gasteiger partial charge < -0.3 is 9.97 Å². The van der Waals surface area contributed by atoms with Crippen molar-refractivity contribution in [1.82, 2.24) is 39.9 Å². The molecule has 8 nitrogen and oxygen atoms in total. The first kappa shape index (κ1) is 37.8. The van der Waals surface area contributed by atoms with E-state index in [1.54, 1.807) is 18.6 Å². The molecule has 0 saturated carbocycles. The van der Waals surface area contributed by atoms with Crippen LogP contribution in [0, 0.1) is 0 Å². The molecule has 0 bridgehead atoms. The van der Waals surface area contributed by atoms with Gasteiger partial charge in [-0.1, -0.05) is 83.1 Å². The summed E-state index contributed by atoms with van der Waals surface area (Å²) in [5.41, 5.74) is 9.81. The van der Waals surface area contributed by atoms with Crippen LogP contribution in [-0.2, 0) is 21.7 Å². The summed E-state index contributed by atoms with van der Waals surface area (Å²) in [4.78, 5) is 31.9. The molecule has 0 aliphatic heterocycles. The molecule has 50 heavy (non-hydrogen) atoms. The van der Waals surface area contributed by atoms with Crippen LogP contribution in [0.1, 0.15) is 105 Å². The Labute approximate surface area is 297 Å². The molecule has 0 aromatic carbocycles. The smallest absolute Gasteiger partial charge is 0.0916 e. The van der Waals surface area contributed by atoms with Crippen LogP contribution in [0.4, 0.5) is 0 Å². The van der Waals surface area contributed by atoms with Gasteiger partial charge in [0, 0.05) is 95.5 Å². The molecule has 0 aliphatic carbocycles. The largest absolute Gasteiger partial charge is 0.361 e. The first-order chi connectivity index (χ1) is 23.4. The fourth-order valence-electron chi connectivity index (χ4n) is 5.31. The van der Waals surface area contributed by atoms with E-state index in [4.69, 9.17) is 0 Å². The van der Waals surface area contributed by atoms with Crippen molar-refractivity contribution in [2.45, 2.75) is 105 Å². The van der Waals surface area contributed by atoms with Crippen LogP contribution in [-0.4, -0.2) is 39.9 Å². The predicted molar refractivity (Wildman–Crippen MR) is 209 cm³/mol. The van der Waals surface area contributed by atoms with Gasteiger partial charge in [0.1, 0.15) is 0 Å². The molecule has 0 amide bonds. The molecule has 0 aliphatic rings. The number of fused-ring (bicyclic) bond motifs is 3. The average Bonchev–Trinajstić information content (AvgIpc) is 3.72. The molecule has 0 radical (unpaired) electrons. The Balaban J connectivity index is 0.000000151. The molecule has 8 heteroatoms. The first-order valence-electron chi connectivity index (χ1n) is 17.2. The lowest BCUT2D eigenvalue weighted by Gasteiger charge is -2.19. The first-order valence-corrected chi connectivity index (χ1v) is 17.2. The normalized spacial score (nSPS) is 12.0. The van der Waals surface area contributed by atoms with Crippen LogP contribution in [0.5, 0.6) is 0 Å². The second-order valence-electron chi connectivity index (χ2n) is 16.6. The van der Waals surface area contributed by atoms with Gasteiger partial charge in [0.15, 0.2) is 0 Å². The van der Waals surface area contributed by atoms with Gasteiger partial charge in [-0.3, -0.25) is 29.9 Å². The van der Waals surface area contributed by atoms with Gasteiger partial charge in [-0.2, -0.15) is 0 Å². The standard InChI is InChI=1S/C12H14N2.2C11H14N2.C8H12N2/c1-12(2,3)10-8-13-7-9-5-4-6-14-11(9)10;1-11(2,3)9-7-12-6-8-4-5-13-10(8)9;1-11(2,3)8-7-13-9-5-4-6-12-10(8)9;1-8(2,3)7-6-9-4-5-10-7/h4-8H,1-3H3;2*4-7,13H,1-3H3;4-6H,1-3H3. The van der Waals surface area contributed by atoms with E-state index >= 15 is 0 Å². The second kappa shape index (κ2) is 15.3. The SMILES string of the molecule is CC(C)(C)c1c[nH]c2cccnc12.CC(C)(C)c1cncc2cc[nH]c12.CC(C)(C)c1cncc2cccnc12.CC(C)(C)c1cnccn1. The number of hydrogen-bond donors (Lipinski definition) is 2. The third-order valence-electron chi connectivity index (χ3n) is 8.17. The van der Waals surface area contributed by atoms with Crippen LogP contribution in [0.2, 0.25) is 0 Å². The molecular weight excluding hydrogens is 617 g/mol. The minimum absolute atomic E-state index is 0.0981. The maximum Gasteiger partial charge on any atom is 0.0916 e. The Morgan fingerprint density at radius 2 is 1.06 bits per heavy atom. The molecule has 7 heterocycles. The highest BCUT2D eigenvalue weighted by Crippen LogP contribution is 2.29. The van der Waals surface area contributed by atoms with E-state index in [-0.39, 0.29) is 21.7 Å². The maximum absolute atomic E-state index is 4.41.